The van der Waals surface area contributed by atoms with Gasteiger partial charge in [0.15, 0.2) is 11.6 Å². The highest BCUT2D eigenvalue weighted by Crippen LogP contribution is 2.42. The number of fused-ring (bicyclic) bond motifs is 1. The summed E-state index contributed by atoms with van der Waals surface area (Å²) in [5, 5.41) is 5.96. The Morgan fingerprint density at radius 1 is 1.18 bits per heavy atom. The van der Waals surface area contributed by atoms with Gasteiger partial charge >= 0.3 is 0 Å². The molecule has 0 aliphatic carbocycles. The van der Waals surface area contributed by atoms with Crippen molar-refractivity contribution in [1.29, 1.82) is 0 Å². The molecule has 1 aliphatic rings. The summed E-state index contributed by atoms with van der Waals surface area (Å²) in [6, 6.07) is 2.42. The zero-order chi connectivity index (χ0) is 24.0. The molecule has 1 saturated heterocycles. The van der Waals surface area contributed by atoms with Crippen molar-refractivity contribution >= 4 is 27.4 Å². The van der Waals surface area contributed by atoms with Crippen molar-refractivity contribution in [3.8, 4) is 22.2 Å². The largest absolute Gasteiger partial charge is 0.378 e. The van der Waals surface area contributed by atoms with E-state index >= 15 is 0 Å². The molecular formula is C25H33N7OS. The molecule has 0 amide bonds. The molecule has 5 heterocycles. The highest BCUT2D eigenvalue weighted by atomic mass is 32.1. The summed E-state index contributed by atoms with van der Waals surface area (Å²) < 4.78 is 9.90. The van der Waals surface area contributed by atoms with Crippen LogP contribution in [0.2, 0.25) is 0 Å². The zero-order valence-corrected chi connectivity index (χ0v) is 21.6. The number of nitrogens with zero attached hydrogens (tertiary/aromatic N) is 7. The van der Waals surface area contributed by atoms with Crippen molar-refractivity contribution < 1.29 is 4.74 Å². The van der Waals surface area contributed by atoms with E-state index in [9.17, 15) is 0 Å². The normalized spacial score (nSPS) is 16.6. The fraction of sp³-hybridized carbons (Fsp3) is 0.520. The van der Waals surface area contributed by atoms with E-state index in [1.165, 1.54) is 5.56 Å². The van der Waals surface area contributed by atoms with Crippen molar-refractivity contribution in [2.45, 2.75) is 53.2 Å². The Bertz CT molecular complexity index is 1300. The summed E-state index contributed by atoms with van der Waals surface area (Å²) in [6.45, 7) is 13.3. The van der Waals surface area contributed by atoms with Gasteiger partial charge in [-0.25, -0.2) is 15.0 Å². The third-order valence-electron chi connectivity index (χ3n) is 6.41. The number of imidazole rings is 1. The predicted molar refractivity (Wildman–Crippen MR) is 137 cm³/mol. The first kappa shape index (κ1) is 23.0. The summed E-state index contributed by atoms with van der Waals surface area (Å²) in [7, 11) is 1.98. The molecule has 0 radical (unpaired) electrons. The van der Waals surface area contributed by atoms with Crippen LogP contribution in [0.15, 0.2) is 24.7 Å². The Balaban J connectivity index is 1.60. The maximum atomic E-state index is 5.92. The summed E-state index contributed by atoms with van der Waals surface area (Å²) >= 11 is 1.69. The second kappa shape index (κ2) is 9.11. The van der Waals surface area contributed by atoms with E-state index in [0.717, 1.165) is 58.5 Å². The number of rotatable bonds is 7. The molecule has 9 heteroatoms. The topological polar surface area (TPSA) is 73.9 Å². The molecule has 0 N–H and O–H groups in total. The maximum absolute atomic E-state index is 5.92. The third kappa shape index (κ3) is 4.22. The van der Waals surface area contributed by atoms with Gasteiger partial charge in [-0.3, -0.25) is 4.68 Å². The maximum Gasteiger partial charge on any atom is 0.199 e. The second-order valence-electron chi connectivity index (χ2n) is 9.73. The zero-order valence-electron chi connectivity index (χ0n) is 20.8. The first-order valence-electron chi connectivity index (χ1n) is 12.0. The quantitative estimate of drug-likeness (QED) is 0.367. The summed E-state index contributed by atoms with van der Waals surface area (Å²) in [4.78, 5) is 19.1. The average molecular weight is 480 g/mol. The Labute approximate surface area is 204 Å². The lowest BCUT2D eigenvalue weighted by atomic mass is 10.1. The lowest BCUT2D eigenvalue weighted by Crippen LogP contribution is -2.23. The summed E-state index contributed by atoms with van der Waals surface area (Å²) in [6.07, 6.45) is 7.13. The molecule has 1 atom stereocenters. The van der Waals surface area contributed by atoms with Crippen molar-refractivity contribution in [3.05, 3.63) is 30.2 Å². The van der Waals surface area contributed by atoms with Gasteiger partial charge in [-0.2, -0.15) is 5.10 Å². The van der Waals surface area contributed by atoms with E-state index in [1.54, 1.807) is 17.5 Å². The van der Waals surface area contributed by atoms with Gasteiger partial charge in [0.25, 0.3) is 0 Å². The molecule has 0 bridgehead atoms. The fourth-order valence-electron chi connectivity index (χ4n) is 4.51. The monoisotopic (exact) mass is 479 g/mol. The van der Waals surface area contributed by atoms with Crippen LogP contribution in [0, 0.1) is 12.8 Å². The molecule has 180 valence electrons. The molecule has 8 nitrogen and oxygen atoms in total. The highest BCUT2D eigenvalue weighted by Gasteiger charge is 2.29. The number of hydrogen-bond acceptors (Lipinski definition) is 7. The van der Waals surface area contributed by atoms with Gasteiger partial charge in [0, 0.05) is 50.7 Å². The lowest BCUT2D eigenvalue weighted by Gasteiger charge is -2.20. The van der Waals surface area contributed by atoms with Gasteiger partial charge in [0.2, 0.25) is 0 Å². The number of aryl methyl sites for hydroxylation is 2. The van der Waals surface area contributed by atoms with Crippen LogP contribution < -0.4 is 4.90 Å². The van der Waals surface area contributed by atoms with Crippen LogP contribution >= 0.6 is 11.3 Å². The molecule has 34 heavy (non-hydrogen) atoms. The Hall–Kier alpha value is -2.78. The number of aromatic nitrogens is 6. The molecule has 0 saturated carbocycles. The van der Waals surface area contributed by atoms with Gasteiger partial charge in [-0.15, -0.1) is 11.3 Å². The van der Waals surface area contributed by atoms with Gasteiger partial charge in [0.05, 0.1) is 23.0 Å². The van der Waals surface area contributed by atoms with Crippen LogP contribution in [0.4, 0.5) is 5.82 Å². The van der Waals surface area contributed by atoms with Crippen LogP contribution in [0.3, 0.4) is 0 Å². The molecule has 1 aliphatic heterocycles. The van der Waals surface area contributed by atoms with E-state index < -0.39 is 0 Å². The summed E-state index contributed by atoms with van der Waals surface area (Å²) in [5.41, 5.74) is 2.18. The van der Waals surface area contributed by atoms with Gasteiger partial charge in [-0.1, -0.05) is 0 Å². The van der Waals surface area contributed by atoms with Crippen molar-refractivity contribution in [1.82, 2.24) is 29.3 Å². The number of anilines is 1. The predicted octanol–water partition coefficient (Wildman–Crippen LogP) is 5.10. The van der Waals surface area contributed by atoms with Crippen molar-refractivity contribution in [2.75, 3.05) is 24.6 Å². The molecule has 5 rings (SSSR count). The minimum Gasteiger partial charge on any atom is -0.378 e. The van der Waals surface area contributed by atoms with Crippen molar-refractivity contribution in [3.63, 3.8) is 0 Å². The van der Waals surface area contributed by atoms with Crippen LogP contribution in [0.5, 0.6) is 0 Å². The lowest BCUT2D eigenvalue weighted by molar-refractivity contribution is 0.0560. The number of thiophene rings is 1. The molecular weight excluding hydrogens is 446 g/mol. The van der Waals surface area contributed by atoms with E-state index in [-0.39, 0.29) is 6.10 Å². The molecule has 4 aromatic rings. The standard InChI is InChI=1S/C25H33N7OS/c1-15(2)32-11-8-19(29-32)21-17(5)20-23(31-10-7-18(13-31)14-33-16(3)4)27-22(28-25(20)34-21)24-26-9-12-30(24)6/h8-9,11-12,15-16,18H,7,10,13-14H2,1-6H3/t18-/m1/s1. The van der Waals surface area contributed by atoms with Gasteiger partial charge in [0.1, 0.15) is 16.3 Å². The summed E-state index contributed by atoms with van der Waals surface area (Å²) in [5.74, 6) is 2.94. The van der Waals surface area contributed by atoms with Crippen LogP contribution in [0.1, 0.15) is 45.7 Å². The smallest absolute Gasteiger partial charge is 0.199 e. The van der Waals surface area contributed by atoms with Crippen LogP contribution in [0.25, 0.3) is 32.4 Å². The molecule has 0 spiro atoms. The number of ether oxygens (including phenoxy) is 1. The molecule has 1 fully saturated rings. The fourth-order valence-corrected chi connectivity index (χ4v) is 5.65. The van der Waals surface area contributed by atoms with E-state index in [2.05, 4.69) is 56.8 Å². The van der Waals surface area contributed by atoms with E-state index in [4.69, 9.17) is 19.8 Å². The minimum absolute atomic E-state index is 0.252. The van der Waals surface area contributed by atoms with Crippen LogP contribution in [-0.2, 0) is 11.8 Å². The third-order valence-corrected chi connectivity index (χ3v) is 7.62. The number of hydrogen-bond donors (Lipinski definition) is 0. The van der Waals surface area contributed by atoms with Gasteiger partial charge in [-0.05, 0) is 52.7 Å². The first-order chi connectivity index (χ1) is 16.3. The average Bonchev–Trinajstić information content (AvgIpc) is 3.58. The van der Waals surface area contributed by atoms with Crippen LogP contribution in [-0.4, -0.2) is 55.1 Å². The van der Waals surface area contributed by atoms with Gasteiger partial charge < -0.3 is 14.2 Å². The Kier molecular flexibility index (Phi) is 6.16. The molecule has 0 unspecified atom stereocenters. The Morgan fingerprint density at radius 2 is 2.00 bits per heavy atom. The van der Waals surface area contributed by atoms with E-state index in [0.29, 0.717) is 17.8 Å². The molecule has 4 aromatic heterocycles. The minimum atomic E-state index is 0.252. The highest BCUT2D eigenvalue weighted by molar-refractivity contribution is 7.22. The Morgan fingerprint density at radius 3 is 2.68 bits per heavy atom. The SMILES string of the molecule is Cc1c(-c2ccn(C(C)C)n2)sc2nc(-c3nccn3C)nc(N3CC[C@@H](COC(C)C)C3)c12. The molecule has 0 aromatic carbocycles. The first-order valence-corrected chi connectivity index (χ1v) is 12.8. The van der Waals surface area contributed by atoms with E-state index in [1.807, 2.05) is 22.5 Å². The second-order valence-corrected chi connectivity index (χ2v) is 10.7. The van der Waals surface area contributed by atoms with Crippen molar-refractivity contribution in [2.24, 2.45) is 13.0 Å².